The largest absolute Gasteiger partial charge is 0.325 e. The summed E-state index contributed by atoms with van der Waals surface area (Å²) in [6, 6.07) is 9.59. The number of amides is 2. The number of benzene rings is 2. The predicted octanol–water partition coefficient (Wildman–Crippen LogP) is 3.93. The van der Waals surface area contributed by atoms with Crippen molar-refractivity contribution in [2.45, 2.75) is 64.8 Å². The molecule has 0 unspecified atom stereocenters. The maximum absolute atomic E-state index is 13.2. The summed E-state index contributed by atoms with van der Waals surface area (Å²) < 4.78 is 29.0. The molecule has 2 aromatic carbocycles. The Labute approximate surface area is 196 Å². The number of nitrogens with zero attached hydrogens (tertiary/aromatic N) is 1. The Bertz CT molecular complexity index is 1140. The monoisotopic (exact) mass is 471 g/mol. The fraction of sp³-hybridized carbons (Fsp3) is 0.440. The first kappa shape index (κ1) is 24.9. The SMILES string of the molecule is CCC(=O)N1CCc2cc(S(=O)(=O)N[C@@H](CC(C)C)C(=O)Nc3cc(C)cc(C)c3)ccc21. The number of fused-ring (bicyclic) bond motifs is 1. The maximum Gasteiger partial charge on any atom is 0.242 e. The zero-order valence-corrected chi connectivity index (χ0v) is 20.8. The quantitative estimate of drug-likeness (QED) is 0.610. The van der Waals surface area contributed by atoms with Crippen LogP contribution >= 0.6 is 0 Å². The number of nitrogens with one attached hydrogen (secondary N) is 2. The van der Waals surface area contributed by atoms with E-state index in [-0.39, 0.29) is 16.7 Å². The second-order valence-corrected chi connectivity index (χ2v) is 10.8. The number of aryl methyl sites for hydroxylation is 2. The topological polar surface area (TPSA) is 95.6 Å². The van der Waals surface area contributed by atoms with Crippen molar-refractivity contribution in [2.75, 3.05) is 16.8 Å². The van der Waals surface area contributed by atoms with Crippen LogP contribution in [0.1, 0.15) is 50.3 Å². The minimum absolute atomic E-state index is 0.0162. The van der Waals surface area contributed by atoms with Gasteiger partial charge in [0.2, 0.25) is 21.8 Å². The highest BCUT2D eigenvalue weighted by Gasteiger charge is 2.29. The lowest BCUT2D eigenvalue weighted by molar-refractivity contribution is -0.118. The van der Waals surface area contributed by atoms with Gasteiger partial charge in [0.25, 0.3) is 0 Å². The molecule has 0 bridgehead atoms. The summed E-state index contributed by atoms with van der Waals surface area (Å²) >= 11 is 0. The molecule has 0 spiro atoms. The molecular weight excluding hydrogens is 438 g/mol. The number of hydrogen-bond donors (Lipinski definition) is 2. The third-order valence-corrected chi connectivity index (χ3v) is 7.14. The molecule has 0 saturated heterocycles. The Kier molecular flexibility index (Phi) is 7.59. The average molecular weight is 472 g/mol. The number of hydrogen-bond acceptors (Lipinski definition) is 4. The van der Waals surface area contributed by atoms with E-state index >= 15 is 0 Å². The zero-order valence-electron chi connectivity index (χ0n) is 19.9. The minimum atomic E-state index is -3.94. The van der Waals surface area contributed by atoms with Crippen molar-refractivity contribution >= 4 is 33.2 Å². The second-order valence-electron chi connectivity index (χ2n) is 9.11. The Morgan fingerprint density at radius 2 is 1.73 bits per heavy atom. The van der Waals surface area contributed by atoms with Crippen LogP contribution in [0.2, 0.25) is 0 Å². The lowest BCUT2D eigenvalue weighted by Gasteiger charge is -2.21. The molecule has 2 N–H and O–H groups in total. The average Bonchev–Trinajstić information content (AvgIpc) is 3.14. The van der Waals surface area contributed by atoms with E-state index in [1.807, 2.05) is 45.9 Å². The van der Waals surface area contributed by atoms with Gasteiger partial charge in [0, 0.05) is 24.3 Å². The number of sulfonamides is 1. The molecule has 0 saturated carbocycles. The van der Waals surface area contributed by atoms with Crippen molar-refractivity contribution in [3.8, 4) is 0 Å². The highest BCUT2D eigenvalue weighted by molar-refractivity contribution is 7.89. The number of rotatable bonds is 8. The van der Waals surface area contributed by atoms with Crippen LogP contribution < -0.4 is 14.9 Å². The standard InChI is InChI=1S/C25H33N3O4S/c1-6-24(29)28-10-9-19-15-21(7-8-23(19)28)33(31,32)27-22(11-16(2)3)25(30)26-20-13-17(4)12-18(5)14-20/h7-8,12-16,22,27H,6,9-11H2,1-5H3,(H,26,30)/t22-/m0/s1. The van der Waals surface area contributed by atoms with Crippen LogP contribution in [-0.4, -0.2) is 32.8 Å². The fourth-order valence-electron chi connectivity index (χ4n) is 4.21. The van der Waals surface area contributed by atoms with Crippen molar-refractivity contribution in [1.82, 2.24) is 4.72 Å². The van der Waals surface area contributed by atoms with Gasteiger partial charge >= 0.3 is 0 Å². The van der Waals surface area contributed by atoms with E-state index in [4.69, 9.17) is 0 Å². The van der Waals surface area contributed by atoms with Crippen molar-refractivity contribution < 1.29 is 18.0 Å². The summed E-state index contributed by atoms with van der Waals surface area (Å²) in [6.45, 7) is 10.1. The van der Waals surface area contributed by atoms with E-state index < -0.39 is 22.0 Å². The first-order valence-electron chi connectivity index (χ1n) is 11.3. The van der Waals surface area contributed by atoms with E-state index in [0.717, 1.165) is 22.4 Å². The third kappa shape index (κ3) is 6.00. The Hall–Kier alpha value is -2.71. The van der Waals surface area contributed by atoms with Crippen molar-refractivity contribution in [1.29, 1.82) is 0 Å². The lowest BCUT2D eigenvalue weighted by atomic mass is 10.0. The van der Waals surface area contributed by atoms with Gasteiger partial charge in [0.05, 0.1) is 4.90 Å². The minimum Gasteiger partial charge on any atom is -0.325 e. The van der Waals surface area contributed by atoms with E-state index in [1.165, 1.54) is 6.07 Å². The summed E-state index contributed by atoms with van der Waals surface area (Å²) in [6.07, 6.45) is 1.36. The molecule has 33 heavy (non-hydrogen) atoms. The normalized spacial score (nSPS) is 14.3. The number of carbonyl (C=O) groups is 2. The van der Waals surface area contributed by atoms with Gasteiger partial charge in [-0.2, -0.15) is 4.72 Å². The predicted molar refractivity (Wildman–Crippen MR) is 131 cm³/mol. The highest BCUT2D eigenvalue weighted by Crippen LogP contribution is 2.31. The van der Waals surface area contributed by atoms with Gasteiger partial charge in [0.15, 0.2) is 0 Å². The van der Waals surface area contributed by atoms with Gasteiger partial charge in [0.1, 0.15) is 6.04 Å². The van der Waals surface area contributed by atoms with Crippen LogP contribution in [0, 0.1) is 19.8 Å². The van der Waals surface area contributed by atoms with E-state index in [1.54, 1.807) is 24.0 Å². The molecule has 2 amide bonds. The summed E-state index contributed by atoms with van der Waals surface area (Å²) in [4.78, 5) is 27.0. The Morgan fingerprint density at radius 3 is 2.33 bits per heavy atom. The lowest BCUT2D eigenvalue weighted by Crippen LogP contribution is -2.44. The van der Waals surface area contributed by atoms with Crippen LogP contribution in [0.4, 0.5) is 11.4 Å². The van der Waals surface area contributed by atoms with Gasteiger partial charge in [-0.05, 0) is 79.6 Å². The molecule has 7 nitrogen and oxygen atoms in total. The molecule has 1 aliphatic rings. The molecule has 0 aromatic heterocycles. The summed E-state index contributed by atoms with van der Waals surface area (Å²) in [5.74, 6) is -0.267. The van der Waals surface area contributed by atoms with E-state index in [0.29, 0.717) is 31.5 Å². The Balaban J connectivity index is 1.82. The van der Waals surface area contributed by atoms with Crippen molar-refractivity contribution in [3.05, 3.63) is 53.1 Å². The smallest absolute Gasteiger partial charge is 0.242 e. The van der Waals surface area contributed by atoms with Crippen LogP contribution in [-0.2, 0) is 26.0 Å². The van der Waals surface area contributed by atoms with Gasteiger partial charge in [-0.15, -0.1) is 0 Å². The molecule has 1 atom stereocenters. The first-order chi connectivity index (χ1) is 15.5. The summed E-state index contributed by atoms with van der Waals surface area (Å²) in [5, 5.41) is 2.86. The van der Waals surface area contributed by atoms with Crippen molar-refractivity contribution in [3.63, 3.8) is 0 Å². The molecule has 2 aromatic rings. The molecular formula is C25H33N3O4S. The van der Waals surface area contributed by atoms with Gasteiger partial charge in [-0.1, -0.05) is 26.8 Å². The first-order valence-corrected chi connectivity index (χ1v) is 12.8. The molecule has 3 rings (SSSR count). The fourth-order valence-corrected chi connectivity index (χ4v) is 5.47. The summed E-state index contributed by atoms with van der Waals surface area (Å²) in [7, 11) is -3.94. The summed E-state index contributed by atoms with van der Waals surface area (Å²) in [5.41, 5.74) is 4.25. The van der Waals surface area contributed by atoms with E-state index in [2.05, 4.69) is 10.0 Å². The van der Waals surface area contributed by atoms with Crippen LogP contribution in [0.5, 0.6) is 0 Å². The molecule has 0 aliphatic carbocycles. The van der Waals surface area contributed by atoms with Crippen LogP contribution in [0.15, 0.2) is 41.3 Å². The van der Waals surface area contributed by atoms with Gasteiger partial charge in [-0.25, -0.2) is 8.42 Å². The number of anilines is 2. The molecule has 0 fully saturated rings. The van der Waals surface area contributed by atoms with Crippen LogP contribution in [0.25, 0.3) is 0 Å². The van der Waals surface area contributed by atoms with E-state index in [9.17, 15) is 18.0 Å². The van der Waals surface area contributed by atoms with Gasteiger partial charge in [-0.3, -0.25) is 9.59 Å². The van der Waals surface area contributed by atoms with Crippen LogP contribution in [0.3, 0.4) is 0 Å². The molecule has 1 heterocycles. The second kappa shape index (κ2) is 10.1. The molecule has 0 radical (unpaired) electrons. The van der Waals surface area contributed by atoms with Gasteiger partial charge < -0.3 is 10.2 Å². The maximum atomic E-state index is 13.2. The molecule has 178 valence electrons. The van der Waals surface area contributed by atoms with Crippen molar-refractivity contribution in [2.24, 2.45) is 5.92 Å². The third-order valence-electron chi connectivity index (χ3n) is 5.67. The number of carbonyl (C=O) groups excluding carboxylic acids is 2. The molecule has 8 heteroatoms. The molecule has 1 aliphatic heterocycles. The zero-order chi connectivity index (χ0) is 24.3. The highest BCUT2D eigenvalue weighted by atomic mass is 32.2. The Morgan fingerprint density at radius 1 is 1.06 bits per heavy atom.